The van der Waals surface area contributed by atoms with Crippen molar-refractivity contribution < 1.29 is 0 Å². The van der Waals surface area contributed by atoms with E-state index in [-0.39, 0.29) is 6.04 Å². The van der Waals surface area contributed by atoms with Crippen molar-refractivity contribution in [3.8, 4) is 0 Å². The van der Waals surface area contributed by atoms with E-state index >= 15 is 0 Å². The Kier molecular flexibility index (Phi) is 4.02. The zero-order chi connectivity index (χ0) is 14.8. The summed E-state index contributed by atoms with van der Waals surface area (Å²) < 4.78 is 0. The molecule has 3 nitrogen and oxygen atoms in total. The minimum Gasteiger partial charge on any atom is -0.324 e. The van der Waals surface area contributed by atoms with Crippen LogP contribution in [-0.4, -0.2) is 9.97 Å². The molecule has 1 heterocycles. The second-order valence-electron chi connectivity index (χ2n) is 6.21. The Morgan fingerprint density at radius 2 is 1.90 bits per heavy atom. The Morgan fingerprint density at radius 1 is 1.14 bits per heavy atom. The molecule has 0 saturated carbocycles. The highest BCUT2D eigenvalue weighted by molar-refractivity contribution is 5.31. The average molecular weight is 281 g/mol. The standard InChI is InChI=1S/C18H23N3/c1-12-7-13(2)9-14(8-12)10-18-20-11-15-16(19)5-3-4-6-17(15)21-18/h7-9,11,16H,3-6,10,19H2,1-2H3. The van der Waals surface area contributed by atoms with Gasteiger partial charge in [0.15, 0.2) is 0 Å². The summed E-state index contributed by atoms with van der Waals surface area (Å²) in [6, 6.07) is 6.74. The summed E-state index contributed by atoms with van der Waals surface area (Å²) >= 11 is 0. The molecule has 21 heavy (non-hydrogen) atoms. The van der Waals surface area contributed by atoms with E-state index in [1.165, 1.54) is 29.5 Å². The van der Waals surface area contributed by atoms with Crippen LogP contribution >= 0.6 is 0 Å². The maximum absolute atomic E-state index is 6.21. The van der Waals surface area contributed by atoms with Gasteiger partial charge in [-0.15, -0.1) is 0 Å². The first-order valence-electron chi connectivity index (χ1n) is 7.79. The number of hydrogen-bond donors (Lipinski definition) is 1. The van der Waals surface area contributed by atoms with Crippen molar-refractivity contribution in [1.29, 1.82) is 0 Å². The molecule has 1 aromatic carbocycles. The Morgan fingerprint density at radius 3 is 2.67 bits per heavy atom. The highest BCUT2D eigenvalue weighted by Crippen LogP contribution is 2.25. The molecule has 0 radical (unpaired) electrons. The molecule has 1 aliphatic carbocycles. The molecule has 2 aromatic rings. The third kappa shape index (κ3) is 3.30. The van der Waals surface area contributed by atoms with E-state index in [0.717, 1.165) is 36.3 Å². The van der Waals surface area contributed by atoms with Crippen molar-refractivity contribution in [2.24, 2.45) is 5.73 Å². The van der Waals surface area contributed by atoms with Crippen LogP contribution in [-0.2, 0) is 12.8 Å². The fourth-order valence-corrected chi connectivity index (χ4v) is 3.23. The van der Waals surface area contributed by atoms with Crippen molar-refractivity contribution in [2.75, 3.05) is 0 Å². The summed E-state index contributed by atoms with van der Waals surface area (Å²) in [5.74, 6) is 0.910. The predicted octanol–water partition coefficient (Wildman–Crippen LogP) is 3.41. The third-order valence-corrected chi connectivity index (χ3v) is 4.17. The van der Waals surface area contributed by atoms with Crippen LogP contribution < -0.4 is 5.73 Å². The van der Waals surface area contributed by atoms with Gasteiger partial charge in [0.05, 0.1) is 0 Å². The van der Waals surface area contributed by atoms with Crippen LogP contribution in [0, 0.1) is 13.8 Å². The van der Waals surface area contributed by atoms with Gasteiger partial charge < -0.3 is 5.73 Å². The zero-order valence-electron chi connectivity index (χ0n) is 12.9. The molecule has 1 atom stereocenters. The fraction of sp³-hybridized carbons (Fsp3) is 0.444. The Labute approximate surface area is 126 Å². The summed E-state index contributed by atoms with van der Waals surface area (Å²) in [5, 5.41) is 0. The first kappa shape index (κ1) is 14.2. The van der Waals surface area contributed by atoms with Gasteiger partial charge in [-0.3, -0.25) is 0 Å². The van der Waals surface area contributed by atoms with Crippen molar-refractivity contribution in [3.05, 3.63) is 58.2 Å². The number of benzene rings is 1. The van der Waals surface area contributed by atoms with Crippen molar-refractivity contribution in [1.82, 2.24) is 9.97 Å². The average Bonchev–Trinajstić information content (AvgIpc) is 2.59. The summed E-state index contributed by atoms with van der Waals surface area (Å²) in [6.45, 7) is 4.26. The van der Waals surface area contributed by atoms with E-state index in [0.29, 0.717) is 0 Å². The molecule has 0 aliphatic heterocycles. The van der Waals surface area contributed by atoms with Gasteiger partial charge in [-0.1, -0.05) is 35.7 Å². The fourth-order valence-electron chi connectivity index (χ4n) is 3.23. The minimum atomic E-state index is 0.109. The molecule has 0 bridgehead atoms. The summed E-state index contributed by atoms with van der Waals surface area (Å²) in [5.41, 5.74) is 12.4. The molecule has 0 fully saturated rings. The largest absolute Gasteiger partial charge is 0.324 e. The predicted molar refractivity (Wildman–Crippen MR) is 85.2 cm³/mol. The molecule has 1 aromatic heterocycles. The van der Waals surface area contributed by atoms with E-state index in [2.05, 4.69) is 37.0 Å². The monoisotopic (exact) mass is 281 g/mol. The van der Waals surface area contributed by atoms with Gasteiger partial charge in [0.2, 0.25) is 0 Å². The number of rotatable bonds is 2. The highest BCUT2D eigenvalue weighted by atomic mass is 14.9. The lowest BCUT2D eigenvalue weighted by molar-refractivity contribution is 0.614. The maximum atomic E-state index is 6.21. The van der Waals surface area contributed by atoms with Crippen molar-refractivity contribution in [2.45, 2.75) is 52.0 Å². The number of aromatic nitrogens is 2. The summed E-state index contributed by atoms with van der Waals surface area (Å²) in [6.07, 6.45) is 7.20. The second kappa shape index (κ2) is 5.94. The van der Waals surface area contributed by atoms with Crippen LogP contribution in [0.25, 0.3) is 0 Å². The Hall–Kier alpha value is -1.74. The molecule has 110 valence electrons. The van der Waals surface area contributed by atoms with E-state index in [9.17, 15) is 0 Å². The Bertz CT molecular complexity index is 629. The molecule has 0 amide bonds. The quantitative estimate of drug-likeness (QED) is 0.858. The number of hydrogen-bond acceptors (Lipinski definition) is 3. The molecule has 1 unspecified atom stereocenters. The van der Waals surface area contributed by atoms with Crippen LogP contribution in [0.15, 0.2) is 24.4 Å². The van der Waals surface area contributed by atoms with E-state index in [1.54, 1.807) is 0 Å². The molecular weight excluding hydrogens is 258 g/mol. The first-order chi connectivity index (χ1) is 10.1. The summed E-state index contributed by atoms with van der Waals surface area (Å²) in [7, 11) is 0. The van der Waals surface area contributed by atoms with Crippen molar-refractivity contribution in [3.63, 3.8) is 0 Å². The minimum absolute atomic E-state index is 0.109. The first-order valence-corrected chi connectivity index (χ1v) is 7.79. The number of nitrogens with two attached hydrogens (primary N) is 1. The third-order valence-electron chi connectivity index (χ3n) is 4.17. The van der Waals surface area contributed by atoms with Gasteiger partial charge in [0, 0.05) is 29.9 Å². The van der Waals surface area contributed by atoms with Gasteiger partial charge >= 0.3 is 0 Å². The zero-order valence-corrected chi connectivity index (χ0v) is 12.9. The SMILES string of the molecule is Cc1cc(C)cc(Cc2ncc3c(n2)CCCCC3N)c1. The van der Waals surface area contributed by atoms with Crippen LogP contribution in [0.4, 0.5) is 0 Å². The van der Waals surface area contributed by atoms with Crippen molar-refractivity contribution >= 4 is 0 Å². The number of nitrogens with zero attached hydrogens (tertiary/aromatic N) is 2. The number of aryl methyl sites for hydroxylation is 3. The normalized spacial score (nSPS) is 18.1. The van der Waals surface area contributed by atoms with Gasteiger partial charge in [0.1, 0.15) is 5.82 Å². The van der Waals surface area contributed by atoms with Crippen LogP contribution in [0.1, 0.15) is 59.1 Å². The maximum Gasteiger partial charge on any atom is 0.132 e. The van der Waals surface area contributed by atoms with Crippen LogP contribution in [0.5, 0.6) is 0 Å². The molecule has 3 rings (SSSR count). The number of fused-ring (bicyclic) bond motifs is 1. The van der Waals surface area contributed by atoms with Gasteiger partial charge in [-0.2, -0.15) is 0 Å². The van der Waals surface area contributed by atoms with Gasteiger partial charge in [-0.05, 0) is 38.7 Å². The van der Waals surface area contributed by atoms with Gasteiger partial charge in [-0.25, -0.2) is 9.97 Å². The summed E-state index contributed by atoms with van der Waals surface area (Å²) in [4.78, 5) is 9.33. The second-order valence-corrected chi connectivity index (χ2v) is 6.21. The molecule has 1 aliphatic rings. The van der Waals surface area contributed by atoms with E-state index in [1.807, 2.05) is 6.20 Å². The molecule has 0 spiro atoms. The lowest BCUT2D eigenvalue weighted by Gasteiger charge is -2.12. The molecular formula is C18H23N3. The Balaban J connectivity index is 1.88. The molecule has 3 heteroatoms. The van der Waals surface area contributed by atoms with Crippen LogP contribution in [0.2, 0.25) is 0 Å². The molecule has 0 saturated heterocycles. The smallest absolute Gasteiger partial charge is 0.132 e. The lowest BCUT2D eigenvalue weighted by Crippen LogP contribution is -2.13. The van der Waals surface area contributed by atoms with Crippen LogP contribution in [0.3, 0.4) is 0 Å². The highest BCUT2D eigenvalue weighted by Gasteiger charge is 2.17. The van der Waals surface area contributed by atoms with E-state index < -0.39 is 0 Å². The van der Waals surface area contributed by atoms with E-state index in [4.69, 9.17) is 10.7 Å². The lowest BCUT2D eigenvalue weighted by atomic mass is 10.0. The topological polar surface area (TPSA) is 51.8 Å². The molecule has 2 N–H and O–H groups in total. The van der Waals surface area contributed by atoms with Gasteiger partial charge in [0.25, 0.3) is 0 Å².